The minimum absolute atomic E-state index is 0.0520. The molecule has 1 atom stereocenters. The molecular formula is C19H18N2O5. The van der Waals surface area contributed by atoms with Crippen LogP contribution in [-0.2, 0) is 0 Å². The summed E-state index contributed by atoms with van der Waals surface area (Å²) < 4.78 is 17.8. The van der Waals surface area contributed by atoms with Gasteiger partial charge in [0.2, 0.25) is 0 Å². The van der Waals surface area contributed by atoms with E-state index in [0.717, 1.165) is 22.6 Å². The summed E-state index contributed by atoms with van der Waals surface area (Å²) in [6.45, 7) is 3.89. The average molecular weight is 354 g/mol. The highest BCUT2D eigenvalue weighted by Crippen LogP contribution is 2.51. The molecule has 0 bridgehead atoms. The molecule has 2 heterocycles. The van der Waals surface area contributed by atoms with Crippen LogP contribution in [-0.4, -0.2) is 25.0 Å². The van der Waals surface area contributed by atoms with Crippen molar-refractivity contribution in [2.24, 2.45) is 0 Å². The molecule has 7 nitrogen and oxygen atoms in total. The monoisotopic (exact) mass is 354 g/mol. The van der Waals surface area contributed by atoms with Gasteiger partial charge in [0.25, 0.3) is 5.69 Å². The van der Waals surface area contributed by atoms with Crippen molar-refractivity contribution < 1.29 is 19.1 Å². The maximum atomic E-state index is 11.2. The highest BCUT2D eigenvalue weighted by molar-refractivity contribution is 5.74. The van der Waals surface area contributed by atoms with Crippen LogP contribution in [0.25, 0.3) is 6.08 Å². The first-order valence-corrected chi connectivity index (χ1v) is 8.13. The number of rotatable bonds is 2. The molecule has 1 unspecified atom stereocenters. The molecule has 0 aromatic heterocycles. The minimum atomic E-state index is -1.15. The number of nitrogens with zero attached hydrogens (tertiary/aromatic N) is 2. The van der Waals surface area contributed by atoms with E-state index in [1.165, 1.54) is 19.2 Å². The fourth-order valence-electron chi connectivity index (χ4n) is 3.41. The smallest absolute Gasteiger partial charge is 0.363 e. The van der Waals surface area contributed by atoms with E-state index in [1.54, 1.807) is 0 Å². The Hall–Kier alpha value is -3.22. The molecule has 26 heavy (non-hydrogen) atoms. The van der Waals surface area contributed by atoms with Crippen molar-refractivity contribution >= 4 is 17.5 Å². The summed E-state index contributed by atoms with van der Waals surface area (Å²) in [5, 5.41) is 11.2. The summed E-state index contributed by atoms with van der Waals surface area (Å²) in [7, 11) is 3.35. The van der Waals surface area contributed by atoms with Gasteiger partial charge in [0, 0.05) is 24.3 Å². The lowest BCUT2D eigenvalue weighted by Gasteiger charge is -2.39. The number of benzene rings is 2. The van der Waals surface area contributed by atoms with Crippen LogP contribution in [0.15, 0.2) is 35.9 Å². The zero-order chi connectivity index (χ0) is 18.6. The Morgan fingerprint density at radius 1 is 1.19 bits per heavy atom. The van der Waals surface area contributed by atoms with Crippen LogP contribution in [0, 0.1) is 17.0 Å². The molecule has 2 aliphatic heterocycles. The summed E-state index contributed by atoms with van der Waals surface area (Å²) in [6, 6.07) is 8.75. The van der Waals surface area contributed by atoms with Gasteiger partial charge in [-0.2, -0.15) is 0 Å². The lowest BCUT2D eigenvalue weighted by molar-refractivity contribution is -0.385. The Bertz CT molecular complexity index is 969. The molecule has 4 rings (SSSR count). The first-order valence-electron chi connectivity index (χ1n) is 8.13. The van der Waals surface area contributed by atoms with Crippen LogP contribution in [0.3, 0.4) is 0 Å². The third kappa shape index (κ3) is 2.13. The maximum Gasteiger partial charge on any atom is 0.363 e. The highest BCUT2D eigenvalue weighted by atomic mass is 16.7. The third-order valence-corrected chi connectivity index (χ3v) is 4.78. The Morgan fingerprint density at radius 3 is 2.65 bits per heavy atom. The van der Waals surface area contributed by atoms with E-state index in [2.05, 4.69) is 0 Å². The molecule has 0 aliphatic carbocycles. The second kappa shape index (κ2) is 5.39. The van der Waals surface area contributed by atoms with Crippen LogP contribution in [0.1, 0.15) is 18.1 Å². The number of nitro groups is 1. The van der Waals surface area contributed by atoms with Crippen molar-refractivity contribution in [3.05, 3.63) is 57.1 Å². The molecule has 1 spiro atoms. The van der Waals surface area contributed by atoms with Crippen LogP contribution < -0.4 is 19.1 Å². The van der Waals surface area contributed by atoms with Gasteiger partial charge in [-0.25, -0.2) is 0 Å². The van der Waals surface area contributed by atoms with Crippen LogP contribution in [0.4, 0.5) is 11.4 Å². The molecule has 0 saturated carbocycles. The van der Waals surface area contributed by atoms with Gasteiger partial charge in [-0.05, 0) is 37.6 Å². The van der Waals surface area contributed by atoms with Gasteiger partial charge in [0.15, 0.2) is 11.5 Å². The van der Waals surface area contributed by atoms with E-state index < -0.39 is 10.8 Å². The molecule has 0 radical (unpaired) electrons. The molecule has 134 valence electrons. The first-order chi connectivity index (χ1) is 12.4. The molecule has 0 amide bonds. The summed E-state index contributed by atoms with van der Waals surface area (Å²) in [5.41, 5.74) is 3.35. The molecule has 0 saturated heterocycles. The molecule has 2 aromatic rings. The number of methoxy groups -OCH3 is 1. The Morgan fingerprint density at radius 2 is 1.96 bits per heavy atom. The van der Waals surface area contributed by atoms with Gasteiger partial charge in [0.1, 0.15) is 5.75 Å². The predicted octanol–water partition coefficient (Wildman–Crippen LogP) is 3.89. The molecule has 7 heteroatoms. The summed E-state index contributed by atoms with van der Waals surface area (Å²) in [6.07, 6.45) is 1.84. The number of ether oxygens (including phenoxy) is 3. The van der Waals surface area contributed by atoms with E-state index in [9.17, 15) is 10.1 Å². The molecule has 0 fully saturated rings. The molecular weight excluding hydrogens is 336 g/mol. The van der Waals surface area contributed by atoms with Gasteiger partial charge < -0.3 is 14.2 Å². The number of anilines is 1. The Labute approximate surface area is 150 Å². The average Bonchev–Trinajstić information content (AvgIpc) is 2.88. The second-order valence-corrected chi connectivity index (χ2v) is 6.47. The fourth-order valence-corrected chi connectivity index (χ4v) is 3.41. The quantitative estimate of drug-likeness (QED) is 0.602. The van der Waals surface area contributed by atoms with Crippen LogP contribution in [0.5, 0.6) is 17.2 Å². The van der Waals surface area contributed by atoms with Crippen molar-refractivity contribution in [1.82, 2.24) is 0 Å². The van der Waals surface area contributed by atoms with Crippen molar-refractivity contribution in [2.75, 3.05) is 19.1 Å². The topological polar surface area (TPSA) is 74.1 Å². The van der Waals surface area contributed by atoms with E-state index >= 15 is 0 Å². The Kier molecular flexibility index (Phi) is 3.37. The maximum absolute atomic E-state index is 11.2. The fraction of sp³-hybridized carbons (Fsp3) is 0.263. The predicted molar refractivity (Wildman–Crippen MR) is 96.9 cm³/mol. The third-order valence-electron chi connectivity index (χ3n) is 4.78. The second-order valence-electron chi connectivity index (χ2n) is 6.47. The number of hydrogen-bond acceptors (Lipinski definition) is 6. The number of nitro benzene ring substituents is 1. The Balaban J connectivity index is 1.85. The zero-order valence-electron chi connectivity index (χ0n) is 14.9. The number of fused-ring (bicyclic) bond motifs is 2. The number of aryl methyl sites for hydroxylation is 1. The van der Waals surface area contributed by atoms with E-state index in [1.807, 2.05) is 50.1 Å². The first kappa shape index (κ1) is 16.3. The molecule has 2 aliphatic rings. The number of hydrogen-bond donors (Lipinski definition) is 0. The van der Waals surface area contributed by atoms with E-state index in [-0.39, 0.29) is 5.69 Å². The largest absolute Gasteiger partial charge is 0.493 e. The standard InChI is InChI=1S/C19H18N2O5/c1-11-5-6-16-15(7-11)20(3)19(25-16)12(2)8-13-9-14(21(22)23)10-17(24-4)18(13)26-19/h5-10H,1-4H3. The van der Waals surface area contributed by atoms with Gasteiger partial charge in [0.05, 0.1) is 23.8 Å². The van der Waals surface area contributed by atoms with Crippen molar-refractivity contribution in [2.45, 2.75) is 19.8 Å². The SMILES string of the molecule is COc1cc([N+](=O)[O-])cc2c1OC1(Oc3ccc(C)cc3N1C)C(C)=C2. The zero-order valence-corrected chi connectivity index (χ0v) is 14.9. The van der Waals surface area contributed by atoms with Crippen LogP contribution >= 0.6 is 0 Å². The molecule has 0 N–H and O–H groups in total. The summed E-state index contributed by atoms with van der Waals surface area (Å²) >= 11 is 0. The van der Waals surface area contributed by atoms with Gasteiger partial charge in [-0.15, -0.1) is 0 Å². The van der Waals surface area contributed by atoms with E-state index in [4.69, 9.17) is 14.2 Å². The summed E-state index contributed by atoms with van der Waals surface area (Å²) in [4.78, 5) is 12.6. The number of likely N-dealkylation sites (N-methyl/N-ethyl adjacent to an activating group) is 1. The lowest BCUT2D eigenvalue weighted by Crippen LogP contribution is -2.54. The normalized spacial score (nSPS) is 20.0. The van der Waals surface area contributed by atoms with Crippen molar-refractivity contribution in [3.8, 4) is 17.2 Å². The van der Waals surface area contributed by atoms with Gasteiger partial charge in [-0.1, -0.05) is 6.07 Å². The van der Waals surface area contributed by atoms with E-state index in [0.29, 0.717) is 17.1 Å². The minimum Gasteiger partial charge on any atom is -0.493 e. The lowest BCUT2D eigenvalue weighted by atomic mass is 10.0. The van der Waals surface area contributed by atoms with Crippen molar-refractivity contribution in [3.63, 3.8) is 0 Å². The van der Waals surface area contributed by atoms with Crippen molar-refractivity contribution in [1.29, 1.82) is 0 Å². The summed E-state index contributed by atoms with van der Waals surface area (Å²) in [5.74, 6) is 0.281. The van der Waals surface area contributed by atoms with Crippen LogP contribution in [0.2, 0.25) is 0 Å². The number of non-ortho nitro benzene ring substituents is 1. The molecule has 2 aromatic carbocycles. The van der Waals surface area contributed by atoms with Gasteiger partial charge in [-0.3, -0.25) is 15.0 Å². The van der Waals surface area contributed by atoms with Gasteiger partial charge >= 0.3 is 5.91 Å². The highest BCUT2D eigenvalue weighted by Gasteiger charge is 2.51.